The largest absolute Gasteiger partial charge is 0.399 e. The third-order valence-electron chi connectivity index (χ3n) is 2.36. The van der Waals surface area contributed by atoms with Gasteiger partial charge in [0.2, 0.25) is 0 Å². The highest BCUT2D eigenvalue weighted by atomic mass is 79.9. The van der Waals surface area contributed by atoms with E-state index >= 15 is 0 Å². The molecule has 1 rings (SSSR count). The lowest BCUT2D eigenvalue weighted by Crippen LogP contribution is -2.23. The van der Waals surface area contributed by atoms with E-state index in [4.69, 9.17) is 9.05 Å². The van der Waals surface area contributed by atoms with E-state index in [1.165, 1.54) is 13.8 Å². The summed E-state index contributed by atoms with van der Waals surface area (Å²) in [6.07, 6.45) is -0.703. The highest BCUT2D eigenvalue weighted by Crippen LogP contribution is 2.63. The first kappa shape index (κ1) is 16.8. The number of rotatable bonds is 7. The Morgan fingerprint density at radius 3 is 2.21 bits per heavy atom. The molecule has 0 aliphatic heterocycles. The Balaban J connectivity index is 3.01. The molecule has 0 saturated carbocycles. The topological polar surface area (TPSA) is 35.5 Å². The molecule has 0 unspecified atom stereocenters. The molecule has 0 N–H and O–H groups in total. The predicted molar refractivity (Wildman–Crippen MR) is 73.7 cm³/mol. The highest BCUT2D eigenvalue weighted by molar-refractivity contribution is 9.10. The van der Waals surface area contributed by atoms with Crippen LogP contribution < -0.4 is 0 Å². The summed E-state index contributed by atoms with van der Waals surface area (Å²) in [6.45, 7) is 2.81. The fraction of sp³-hybridized carbons (Fsp3) is 0.500. The second-order valence-corrected chi connectivity index (χ2v) is 6.79. The van der Waals surface area contributed by atoms with Crippen LogP contribution >= 0.6 is 23.5 Å². The van der Waals surface area contributed by atoms with E-state index in [0.717, 1.165) is 0 Å². The van der Waals surface area contributed by atoms with Gasteiger partial charge >= 0.3 is 13.3 Å². The standard InChI is InChI=1S/C12H16BrF2O3P/c1-3-17-19(16,18-4-2)12(14,15)9-10-7-5-6-8-11(10)13/h5-8H,3-4,9H2,1-2H3. The molecular weight excluding hydrogens is 341 g/mol. The first-order valence-corrected chi connectivity index (χ1v) is 8.20. The third-order valence-corrected chi connectivity index (χ3v) is 5.29. The maximum Gasteiger partial charge on any atom is 0.399 e. The van der Waals surface area contributed by atoms with E-state index < -0.39 is 19.7 Å². The van der Waals surface area contributed by atoms with E-state index in [1.54, 1.807) is 24.3 Å². The van der Waals surface area contributed by atoms with Crippen molar-refractivity contribution in [2.75, 3.05) is 13.2 Å². The van der Waals surface area contributed by atoms with E-state index in [-0.39, 0.29) is 13.2 Å². The minimum Gasteiger partial charge on any atom is -0.305 e. The van der Waals surface area contributed by atoms with Crippen molar-refractivity contribution in [3.63, 3.8) is 0 Å². The zero-order valence-corrected chi connectivity index (χ0v) is 13.2. The van der Waals surface area contributed by atoms with Crippen LogP contribution in [0.3, 0.4) is 0 Å². The summed E-state index contributed by atoms with van der Waals surface area (Å²) in [4.78, 5) is 0. The SMILES string of the molecule is CCOP(=O)(OCC)C(F)(F)Cc1ccccc1Br. The van der Waals surface area contributed by atoms with Gasteiger partial charge in [-0.05, 0) is 25.5 Å². The molecule has 7 heteroatoms. The van der Waals surface area contributed by atoms with Gasteiger partial charge in [-0.15, -0.1) is 0 Å². The Labute approximate surface area is 120 Å². The summed E-state index contributed by atoms with van der Waals surface area (Å²) >= 11 is 3.19. The van der Waals surface area contributed by atoms with Crippen LogP contribution in [0.25, 0.3) is 0 Å². The molecule has 0 bridgehead atoms. The van der Waals surface area contributed by atoms with E-state index in [1.807, 2.05) is 0 Å². The van der Waals surface area contributed by atoms with Gasteiger partial charge in [0.25, 0.3) is 0 Å². The monoisotopic (exact) mass is 356 g/mol. The molecule has 0 aliphatic carbocycles. The quantitative estimate of drug-likeness (QED) is 0.655. The third kappa shape index (κ3) is 4.09. The van der Waals surface area contributed by atoms with Gasteiger partial charge in [0, 0.05) is 10.9 Å². The van der Waals surface area contributed by atoms with Crippen molar-refractivity contribution in [1.29, 1.82) is 0 Å². The Morgan fingerprint density at radius 2 is 1.74 bits per heavy atom. The molecule has 19 heavy (non-hydrogen) atoms. The number of hydrogen-bond acceptors (Lipinski definition) is 3. The summed E-state index contributed by atoms with van der Waals surface area (Å²) in [5.41, 5.74) is -3.21. The van der Waals surface area contributed by atoms with Gasteiger partial charge in [0.1, 0.15) is 0 Å². The number of benzene rings is 1. The van der Waals surface area contributed by atoms with Crippen LogP contribution in [0.1, 0.15) is 19.4 Å². The van der Waals surface area contributed by atoms with Gasteiger partial charge in [-0.3, -0.25) is 4.57 Å². The number of halogens is 3. The molecule has 0 aliphatic rings. The van der Waals surface area contributed by atoms with Crippen molar-refractivity contribution in [2.45, 2.75) is 25.9 Å². The molecule has 0 spiro atoms. The Bertz CT molecular complexity index is 458. The van der Waals surface area contributed by atoms with Crippen LogP contribution in [0.5, 0.6) is 0 Å². The first-order valence-electron chi connectivity index (χ1n) is 5.86. The average molecular weight is 357 g/mol. The van der Waals surface area contributed by atoms with Crippen molar-refractivity contribution >= 4 is 23.5 Å². The molecule has 0 heterocycles. The molecule has 0 atom stereocenters. The van der Waals surface area contributed by atoms with Crippen LogP contribution in [-0.2, 0) is 20.0 Å². The van der Waals surface area contributed by atoms with Gasteiger partial charge in [-0.1, -0.05) is 34.1 Å². The van der Waals surface area contributed by atoms with Gasteiger partial charge in [-0.2, -0.15) is 8.78 Å². The fourth-order valence-electron chi connectivity index (χ4n) is 1.53. The van der Waals surface area contributed by atoms with Crippen molar-refractivity contribution in [1.82, 2.24) is 0 Å². The number of alkyl halides is 2. The van der Waals surface area contributed by atoms with Crippen molar-refractivity contribution in [3.8, 4) is 0 Å². The normalized spacial score (nSPS) is 12.7. The summed E-state index contributed by atoms with van der Waals surface area (Å²) < 4.78 is 50.5. The molecule has 108 valence electrons. The van der Waals surface area contributed by atoms with Gasteiger partial charge in [0.15, 0.2) is 0 Å². The van der Waals surface area contributed by atoms with E-state index in [9.17, 15) is 13.3 Å². The first-order chi connectivity index (χ1) is 8.86. The molecule has 0 aromatic heterocycles. The van der Waals surface area contributed by atoms with Crippen LogP contribution in [0, 0.1) is 0 Å². The lowest BCUT2D eigenvalue weighted by atomic mass is 10.2. The lowest BCUT2D eigenvalue weighted by Gasteiger charge is -2.26. The van der Waals surface area contributed by atoms with E-state index in [0.29, 0.717) is 10.0 Å². The zero-order chi connectivity index (χ0) is 14.5. The van der Waals surface area contributed by atoms with Crippen LogP contribution in [0.15, 0.2) is 28.7 Å². The molecule has 0 amide bonds. The second-order valence-electron chi connectivity index (χ2n) is 3.77. The molecule has 0 saturated heterocycles. The minimum atomic E-state index is -4.46. The highest BCUT2D eigenvalue weighted by Gasteiger charge is 2.53. The van der Waals surface area contributed by atoms with Gasteiger partial charge < -0.3 is 9.05 Å². The maximum absolute atomic E-state index is 14.2. The Kier molecular flexibility index (Phi) is 6.12. The summed E-state index contributed by atoms with van der Waals surface area (Å²) in [5.74, 6) is 0. The van der Waals surface area contributed by atoms with Gasteiger partial charge in [-0.25, -0.2) is 0 Å². The molecule has 3 nitrogen and oxygen atoms in total. The Hall–Kier alpha value is -0.290. The number of hydrogen-bond donors (Lipinski definition) is 0. The van der Waals surface area contributed by atoms with Crippen molar-refractivity contribution in [2.24, 2.45) is 0 Å². The van der Waals surface area contributed by atoms with Crippen molar-refractivity contribution in [3.05, 3.63) is 34.3 Å². The van der Waals surface area contributed by atoms with Crippen LogP contribution in [0.2, 0.25) is 0 Å². The summed E-state index contributed by atoms with van der Waals surface area (Å²) in [7, 11) is -4.46. The minimum absolute atomic E-state index is 0.0944. The maximum atomic E-state index is 14.2. The second kappa shape index (κ2) is 6.93. The molecular formula is C12H16BrF2O3P. The van der Waals surface area contributed by atoms with Crippen molar-refractivity contribution < 1.29 is 22.4 Å². The average Bonchev–Trinajstić information content (AvgIpc) is 2.32. The summed E-state index contributed by atoms with van der Waals surface area (Å²) in [6, 6.07) is 6.55. The van der Waals surface area contributed by atoms with Crippen LogP contribution in [-0.4, -0.2) is 18.9 Å². The molecule has 0 fully saturated rings. The summed E-state index contributed by atoms with van der Waals surface area (Å²) in [5, 5.41) is 0. The van der Waals surface area contributed by atoms with E-state index in [2.05, 4.69) is 15.9 Å². The lowest BCUT2D eigenvalue weighted by molar-refractivity contribution is 0.0392. The fourth-order valence-corrected chi connectivity index (χ4v) is 3.45. The Morgan fingerprint density at radius 1 is 1.21 bits per heavy atom. The zero-order valence-electron chi connectivity index (χ0n) is 10.7. The predicted octanol–water partition coefficient (Wildman–Crippen LogP) is 4.85. The van der Waals surface area contributed by atoms with Crippen LogP contribution in [0.4, 0.5) is 8.78 Å². The van der Waals surface area contributed by atoms with Gasteiger partial charge in [0.05, 0.1) is 13.2 Å². The molecule has 0 radical (unpaired) electrons. The molecule has 1 aromatic carbocycles. The molecule has 1 aromatic rings. The smallest absolute Gasteiger partial charge is 0.305 e.